The summed E-state index contributed by atoms with van der Waals surface area (Å²) >= 11 is 4.72. The molecule has 1 aliphatic carbocycles. The van der Waals surface area contributed by atoms with Crippen molar-refractivity contribution in [1.82, 2.24) is 9.13 Å². The van der Waals surface area contributed by atoms with E-state index in [9.17, 15) is 15.8 Å². The number of aromatic nitrogens is 2. The summed E-state index contributed by atoms with van der Waals surface area (Å²) in [5, 5.41) is 30.6. The zero-order chi connectivity index (χ0) is 44.4. The summed E-state index contributed by atoms with van der Waals surface area (Å²) in [6.45, 7) is 2.92. The van der Waals surface area contributed by atoms with Gasteiger partial charge in [-0.1, -0.05) is 42.5 Å². The van der Waals surface area contributed by atoms with Crippen LogP contribution in [-0.2, 0) is 0 Å². The predicted octanol–water partition coefficient (Wildman–Crippen LogP) is 15.0. The van der Waals surface area contributed by atoms with E-state index in [1.165, 1.54) is 37.3 Å². The summed E-state index contributed by atoms with van der Waals surface area (Å²) in [6, 6.07) is 40.6. The molecule has 0 unspecified atom stereocenters. The number of para-hydroxylation sites is 2. The predicted molar refractivity (Wildman–Crippen MR) is 240 cm³/mol. The van der Waals surface area contributed by atoms with E-state index < -0.39 is 34.5 Å². The number of nitriles is 3. The van der Waals surface area contributed by atoms with E-state index in [-0.39, 0.29) is 26.5 Å². The lowest BCUT2D eigenvalue weighted by Crippen LogP contribution is -2.48. The number of rotatable bonds is 9. The van der Waals surface area contributed by atoms with Crippen LogP contribution >= 0.6 is 45.3 Å². The van der Waals surface area contributed by atoms with E-state index in [0.717, 1.165) is 50.3 Å². The second kappa shape index (κ2) is 15.6. The molecule has 0 radical (unpaired) electrons. The van der Waals surface area contributed by atoms with Gasteiger partial charge in [0.05, 0.1) is 47.9 Å². The number of allylic oxidation sites excluding steroid dienone is 4. The molecule has 15 heteroatoms. The Morgan fingerprint density at radius 3 is 1.40 bits per heavy atom. The van der Waals surface area contributed by atoms with Crippen molar-refractivity contribution in [3.8, 4) is 71.9 Å². The van der Waals surface area contributed by atoms with Crippen LogP contribution in [0.25, 0.3) is 70.4 Å². The fraction of sp³-hybridized carbons (Fsp3) is 0.104. The van der Waals surface area contributed by atoms with Gasteiger partial charge < -0.3 is 9.13 Å². The van der Waals surface area contributed by atoms with Crippen LogP contribution in [0.3, 0.4) is 0 Å². The fourth-order valence-corrected chi connectivity index (χ4v) is 11.8. The first-order valence-corrected chi connectivity index (χ1v) is 22.3. The highest BCUT2D eigenvalue weighted by molar-refractivity contribution is 7.17. The highest BCUT2D eigenvalue weighted by atomic mass is 32.1. The molecule has 63 heavy (non-hydrogen) atoms. The van der Waals surface area contributed by atoms with Gasteiger partial charge in [-0.15, -0.1) is 45.3 Å². The number of hydrogen-bond donors (Lipinski definition) is 0. The van der Waals surface area contributed by atoms with Crippen molar-refractivity contribution in [2.24, 2.45) is 0 Å². The lowest BCUT2D eigenvalue weighted by atomic mass is 9.95. The van der Waals surface area contributed by atoms with Gasteiger partial charge in [0.2, 0.25) is 0 Å². The monoisotopic (exact) mass is 915 g/mol. The van der Waals surface area contributed by atoms with Gasteiger partial charge in [-0.25, -0.2) is 0 Å². The molecule has 2 aromatic carbocycles. The number of alkyl halides is 6. The molecule has 0 spiro atoms. The van der Waals surface area contributed by atoms with E-state index in [1.54, 1.807) is 72.8 Å². The van der Waals surface area contributed by atoms with Crippen LogP contribution in [-0.4, -0.2) is 26.9 Å². The highest BCUT2D eigenvalue weighted by Crippen LogP contribution is 2.66. The molecule has 6 aromatic heterocycles. The van der Waals surface area contributed by atoms with E-state index in [2.05, 4.69) is 0 Å². The average molecular weight is 916 g/mol. The molecule has 9 rings (SSSR count). The van der Waals surface area contributed by atoms with Gasteiger partial charge in [-0.2, -0.15) is 42.1 Å². The van der Waals surface area contributed by atoms with E-state index in [1.807, 2.05) is 69.1 Å². The van der Waals surface area contributed by atoms with Gasteiger partial charge in [-0.3, -0.25) is 0 Å². The molecule has 5 nitrogen and oxygen atoms in total. The maximum absolute atomic E-state index is 16.4. The summed E-state index contributed by atoms with van der Waals surface area (Å²) in [7, 11) is 0. The second-order valence-electron chi connectivity index (χ2n) is 14.4. The minimum absolute atomic E-state index is 0.0933. The summed E-state index contributed by atoms with van der Waals surface area (Å²) < 4.78 is 101. The number of aryl methyl sites for hydroxylation is 2. The maximum Gasteiger partial charge on any atom is 0.380 e. The lowest BCUT2D eigenvalue weighted by molar-refractivity contribution is -0.254. The van der Waals surface area contributed by atoms with Crippen molar-refractivity contribution >= 4 is 62.1 Å². The van der Waals surface area contributed by atoms with Crippen LogP contribution < -0.4 is 0 Å². The van der Waals surface area contributed by atoms with Crippen molar-refractivity contribution in [3.63, 3.8) is 0 Å². The third-order valence-corrected chi connectivity index (χ3v) is 15.0. The summed E-state index contributed by atoms with van der Waals surface area (Å²) in [4.78, 5) is 2.98. The number of thiophene rings is 4. The van der Waals surface area contributed by atoms with Crippen molar-refractivity contribution in [2.45, 2.75) is 31.6 Å². The van der Waals surface area contributed by atoms with Gasteiger partial charge in [0, 0.05) is 37.2 Å². The SMILES string of the molecule is Cc1sc(-c2ccc(-c3cccs3)n2-c2ccccc2)cc1C1=C(c2cc(-c3ccc(-c4ccc(C(C#N)=C(C#N)C#N)s4)n3-c3ccccc3)sc2C)C(F)(F)C(F)(F)C1(F)F. The minimum Gasteiger partial charge on any atom is -0.308 e. The zero-order valence-corrected chi connectivity index (χ0v) is 36.0. The van der Waals surface area contributed by atoms with Gasteiger partial charge in [0.25, 0.3) is 0 Å². The number of hydrogen-bond acceptors (Lipinski definition) is 7. The molecule has 0 N–H and O–H groups in total. The van der Waals surface area contributed by atoms with Crippen LogP contribution in [0.2, 0.25) is 0 Å². The molecule has 1 aliphatic rings. The highest BCUT2D eigenvalue weighted by Gasteiger charge is 2.80. The van der Waals surface area contributed by atoms with Crippen molar-refractivity contribution in [2.75, 3.05) is 0 Å². The van der Waals surface area contributed by atoms with E-state index >= 15 is 26.3 Å². The molecule has 0 bridgehead atoms. The molecule has 310 valence electrons. The Morgan fingerprint density at radius 2 is 0.968 bits per heavy atom. The van der Waals surface area contributed by atoms with Crippen molar-refractivity contribution in [3.05, 3.63) is 158 Å². The zero-order valence-electron chi connectivity index (χ0n) is 32.8. The number of nitrogens with zero attached hydrogens (tertiary/aromatic N) is 5. The quantitative estimate of drug-likeness (QED) is 0.107. The van der Waals surface area contributed by atoms with Crippen LogP contribution in [0, 0.1) is 47.8 Å². The number of benzene rings is 2. The molecule has 0 amide bonds. The topological polar surface area (TPSA) is 81.2 Å². The molecule has 0 atom stereocenters. The van der Waals surface area contributed by atoms with E-state index in [0.29, 0.717) is 42.3 Å². The maximum atomic E-state index is 16.4. The summed E-state index contributed by atoms with van der Waals surface area (Å²) in [6.07, 6.45) is 0. The van der Waals surface area contributed by atoms with Crippen molar-refractivity contribution in [1.29, 1.82) is 15.8 Å². The normalized spacial score (nSPS) is 14.9. The molecular formula is C48H27F6N5S4. The van der Waals surface area contributed by atoms with Gasteiger partial charge >= 0.3 is 17.8 Å². The van der Waals surface area contributed by atoms with Gasteiger partial charge in [0.1, 0.15) is 23.8 Å². The molecule has 0 saturated carbocycles. The summed E-state index contributed by atoms with van der Waals surface area (Å²) in [5.74, 6) is -16.3. The molecule has 0 aliphatic heterocycles. The van der Waals surface area contributed by atoms with Crippen molar-refractivity contribution < 1.29 is 26.3 Å². The smallest absolute Gasteiger partial charge is 0.308 e. The molecule has 0 fully saturated rings. The van der Waals surface area contributed by atoms with Crippen LogP contribution in [0.15, 0.2) is 132 Å². The third kappa shape index (κ3) is 6.52. The Labute approximate surface area is 372 Å². The first kappa shape index (κ1) is 41.7. The summed E-state index contributed by atoms with van der Waals surface area (Å²) in [5.41, 5.74) is -0.271. The van der Waals surface area contributed by atoms with Crippen LogP contribution in [0.4, 0.5) is 26.3 Å². The second-order valence-corrected chi connectivity index (χ2v) is 19.0. The molecular weight excluding hydrogens is 889 g/mol. The molecule has 0 saturated heterocycles. The Kier molecular flexibility index (Phi) is 10.3. The minimum atomic E-state index is -5.76. The Bertz CT molecular complexity index is 3250. The average Bonchev–Trinajstić information content (AvgIpc) is 4.14. The standard InChI is InChI=1S/C48H27F6N5S4/c1-27-32(22-42(61-27)37-17-15-35(40-14-9-21-60-40)58(37)30-10-5-3-6-11-30)44-45(47(51,52)48(53,54)46(44,49)50)33-23-43(62-28(33)2)38-18-16-36(59(38)31-12-7-4-8-13-31)41-20-19-39(63-41)34(26-57)29(24-55)25-56/h3-23H,1-2H3. The Hall–Kier alpha value is -6.67. The van der Waals surface area contributed by atoms with Gasteiger partial charge in [-0.05, 0) is 109 Å². The Balaban J connectivity index is 1.22. The van der Waals surface area contributed by atoms with Crippen LogP contribution in [0.5, 0.6) is 0 Å². The van der Waals surface area contributed by atoms with Gasteiger partial charge in [0.15, 0.2) is 0 Å². The number of halogens is 6. The van der Waals surface area contributed by atoms with E-state index in [4.69, 9.17) is 0 Å². The van der Waals surface area contributed by atoms with Crippen LogP contribution in [0.1, 0.15) is 25.8 Å². The Morgan fingerprint density at radius 1 is 0.508 bits per heavy atom. The first-order valence-electron chi connectivity index (χ1n) is 19.0. The fourth-order valence-electron chi connectivity index (χ4n) is 7.90. The lowest BCUT2D eigenvalue weighted by Gasteiger charge is -2.25. The third-order valence-electron chi connectivity index (χ3n) is 10.8. The largest absolute Gasteiger partial charge is 0.380 e. The molecule has 8 aromatic rings. The first-order chi connectivity index (χ1) is 30.2. The molecule has 6 heterocycles.